The van der Waals surface area contributed by atoms with Gasteiger partial charge >= 0.3 is 6.09 Å². The molecular formula is C28H41N3O4. The highest BCUT2D eigenvalue weighted by Crippen LogP contribution is 2.11. The molecule has 3 atom stereocenters. The molecule has 0 aliphatic rings. The molecule has 0 heterocycles. The molecule has 2 rings (SSSR count). The molecule has 7 nitrogen and oxygen atoms in total. The fourth-order valence-electron chi connectivity index (χ4n) is 3.58. The molecule has 0 spiro atoms. The molecule has 0 aliphatic heterocycles. The van der Waals surface area contributed by atoms with Gasteiger partial charge in [0, 0.05) is 12.1 Å². The summed E-state index contributed by atoms with van der Waals surface area (Å²) in [5.41, 5.74) is 0.937. The second kappa shape index (κ2) is 12.7. The number of ether oxygens (including phenoxy) is 1. The quantitative estimate of drug-likeness (QED) is 0.414. The zero-order valence-electron chi connectivity index (χ0n) is 21.8. The summed E-state index contributed by atoms with van der Waals surface area (Å²) in [4.78, 5) is 25.5. The van der Waals surface area contributed by atoms with Crippen molar-refractivity contribution in [1.29, 1.82) is 0 Å². The van der Waals surface area contributed by atoms with Crippen molar-refractivity contribution in [3.05, 3.63) is 71.8 Å². The van der Waals surface area contributed by atoms with Crippen molar-refractivity contribution in [2.24, 2.45) is 0 Å². The Morgan fingerprint density at radius 3 is 1.86 bits per heavy atom. The number of carbonyl (C=O) groups excluding carboxylic acids is 2. The Labute approximate surface area is 209 Å². The highest BCUT2D eigenvalue weighted by molar-refractivity contribution is 5.82. The molecule has 7 heteroatoms. The Morgan fingerprint density at radius 2 is 1.37 bits per heavy atom. The number of rotatable bonds is 10. The van der Waals surface area contributed by atoms with Crippen molar-refractivity contribution < 1.29 is 19.4 Å². The Hall–Kier alpha value is -2.90. The van der Waals surface area contributed by atoms with Gasteiger partial charge in [-0.05, 0) is 65.5 Å². The van der Waals surface area contributed by atoms with Crippen molar-refractivity contribution in [2.45, 2.75) is 83.7 Å². The van der Waals surface area contributed by atoms with Crippen LogP contribution in [0, 0.1) is 0 Å². The predicted molar refractivity (Wildman–Crippen MR) is 139 cm³/mol. The van der Waals surface area contributed by atoms with E-state index in [1.807, 2.05) is 81.4 Å². The first-order chi connectivity index (χ1) is 16.3. The van der Waals surface area contributed by atoms with Crippen molar-refractivity contribution in [3.63, 3.8) is 0 Å². The van der Waals surface area contributed by atoms with E-state index in [0.717, 1.165) is 11.1 Å². The zero-order valence-corrected chi connectivity index (χ0v) is 21.8. The van der Waals surface area contributed by atoms with Gasteiger partial charge < -0.3 is 25.8 Å². The van der Waals surface area contributed by atoms with Gasteiger partial charge in [0.2, 0.25) is 5.91 Å². The van der Waals surface area contributed by atoms with Gasteiger partial charge in [0.1, 0.15) is 5.60 Å². The van der Waals surface area contributed by atoms with Crippen molar-refractivity contribution >= 4 is 12.0 Å². The SMILES string of the molecule is CC(C)(C)NC(=O)C(Cc1ccccc1)NCC(O)[C@H](Cc1ccccc1)NC(=O)OC(C)(C)C. The van der Waals surface area contributed by atoms with E-state index in [1.54, 1.807) is 20.8 Å². The second-order valence-corrected chi connectivity index (χ2v) is 10.9. The first-order valence-electron chi connectivity index (χ1n) is 12.1. The zero-order chi connectivity index (χ0) is 26.1. The largest absolute Gasteiger partial charge is 0.444 e. The molecular weight excluding hydrogens is 442 g/mol. The Balaban J connectivity index is 2.14. The van der Waals surface area contributed by atoms with Crippen LogP contribution in [0.4, 0.5) is 4.79 Å². The molecule has 0 fully saturated rings. The van der Waals surface area contributed by atoms with Crippen molar-refractivity contribution in [1.82, 2.24) is 16.0 Å². The van der Waals surface area contributed by atoms with Crippen LogP contribution in [0.5, 0.6) is 0 Å². The minimum absolute atomic E-state index is 0.113. The fourth-order valence-corrected chi connectivity index (χ4v) is 3.58. The highest BCUT2D eigenvalue weighted by Gasteiger charge is 2.28. The van der Waals surface area contributed by atoms with E-state index in [4.69, 9.17) is 4.74 Å². The summed E-state index contributed by atoms with van der Waals surface area (Å²) in [7, 11) is 0. The summed E-state index contributed by atoms with van der Waals surface area (Å²) in [5, 5.41) is 20.1. The molecule has 2 unspecified atom stereocenters. The van der Waals surface area contributed by atoms with Crippen molar-refractivity contribution in [2.75, 3.05) is 6.54 Å². The number of nitrogens with one attached hydrogen (secondary N) is 3. The Bertz CT molecular complexity index is 921. The minimum Gasteiger partial charge on any atom is -0.444 e. The molecule has 0 saturated carbocycles. The van der Waals surface area contributed by atoms with Crippen LogP contribution < -0.4 is 16.0 Å². The van der Waals surface area contributed by atoms with E-state index in [2.05, 4.69) is 16.0 Å². The number of aliphatic hydroxyl groups is 1. The van der Waals surface area contributed by atoms with Gasteiger partial charge in [-0.1, -0.05) is 60.7 Å². The van der Waals surface area contributed by atoms with E-state index in [1.165, 1.54) is 0 Å². The molecule has 35 heavy (non-hydrogen) atoms. The standard InChI is InChI=1S/C28H41N3O4/c1-27(2,3)31-25(33)23(18-21-15-11-8-12-16-21)29-19-24(32)22(17-20-13-9-7-10-14-20)30-26(34)35-28(4,5)6/h7-16,22-24,29,32H,17-19H2,1-6H3,(H,30,34)(H,31,33)/t22-,23?,24?/m0/s1. The van der Waals surface area contributed by atoms with Crippen LogP contribution in [0.3, 0.4) is 0 Å². The third-order valence-corrected chi connectivity index (χ3v) is 5.14. The molecule has 0 aliphatic carbocycles. The highest BCUT2D eigenvalue weighted by atomic mass is 16.6. The fraction of sp³-hybridized carbons (Fsp3) is 0.500. The molecule has 2 aromatic rings. The maximum Gasteiger partial charge on any atom is 0.407 e. The maximum absolute atomic E-state index is 13.0. The number of benzene rings is 2. The number of hydrogen-bond donors (Lipinski definition) is 4. The average molecular weight is 484 g/mol. The van der Waals surface area contributed by atoms with Gasteiger partial charge in [-0.3, -0.25) is 4.79 Å². The first-order valence-corrected chi connectivity index (χ1v) is 12.1. The van der Waals surface area contributed by atoms with Gasteiger partial charge in [-0.15, -0.1) is 0 Å². The van der Waals surface area contributed by atoms with Gasteiger partial charge in [0.15, 0.2) is 0 Å². The lowest BCUT2D eigenvalue weighted by atomic mass is 9.99. The summed E-state index contributed by atoms with van der Waals surface area (Å²) in [6.07, 6.45) is -0.661. The Kier molecular flexibility index (Phi) is 10.3. The van der Waals surface area contributed by atoms with Gasteiger partial charge in [0.05, 0.1) is 18.2 Å². The molecule has 0 bridgehead atoms. The molecule has 0 aromatic heterocycles. The third-order valence-electron chi connectivity index (χ3n) is 5.14. The average Bonchev–Trinajstić information content (AvgIpc) is 2.75. The van der Waals surface area contributed by atoms with Gasteiger partial charge in [0.25, 0.3) is 0 Å². The van der Waals surface area contributed by atoms with Crippen LogP contribution >= 0.6 is 0 Å². The number of aliphatic hydroxyl groups excluding tert-OH is 1. The Morgan fingerprint density at radius 1 is 0.857 bits per heavy atom. The van der Waals surface area contributed by atoms with Crippen LogP contribution in [0.15, 0.2) is 60.7 Å². The normalized spacial score (nSPS) is 14.5. The van der Waals surface area contributed by atoms with Crippen LogP contribution in [-0.2, 0) is 22.4 Å². The molecule has 4 N–H and O–H groups in total. The lowest BCUT2D eigenvalue weighted by Crippen LogP contribution is -2.55. The lowest BCUT2D eigenvalue weighted by molar-refractivity contribution is -0.124. The van der Waals surface area contributed by atoms with Crippen LogP contribution in [0.25, 0.3) is 0 Å². The number of hydrogen-bond acceptors (Lipinski definition) is 5. The molecule has 192 valence electrons. The third kappa shape index (κ3) is 11.4. The van der Waals surface area contributed by atoms with E-state index in [0.29, 0.717) is 12.8 Å². The van der Waals surface area contributed by atoms with Crippen LogP contribution in [-0.4, -0.2) is 53.0 Å². The number of carbonyl (C=O) groups is 2. The summed E-state index contributed by atoms with van der Waals surface area (Å²) < 4.78 is 5.41. The number of alkyl carbamates (subject to hydrolysis) is 1. The minimum atomic E-state index is -0.955. The monoisotopic (exact) mass is 483 g/mol. The van der Waals surface area contributed by atoms with E-state index in [9.17, 15) is 14.7 Å². The maximum atomic E-state index is 13.0. The second-order valence-electron chi connectivity index (χ2n) is 10.9. The lowest BCUT2D eigenvalue weighted by Gasteiger charge is -2.29. The number of amides is 2. The first kappa shape index (κ1) is 28.3. The molecule has 0 saturated heterocycles. The summed E-state index contributed by atoms with van der Waals surface area (Å²) in [6.45, 7) is 11.3. The summed E-state index contributed by atoms with van der Waals surface area (Å²) >= 11 is 0. The molecule has 2 amide bonds. The molecule has 2 aromatic carbocycles. The van der Waals surface area contributed by atoms with Gasteiger partial charge in [-0.2, -0.15) is 0 Å². The van der Waals surface area contributed by atoms with Gasteiger partial charge in [-0.25, -0.2) is 4.79 Å². The van der Waals surface area contributed by atoms with Crippen molar-refractivity contribution in [3.8, 4) is 0 Å². The van der Waals surface area contributed by atoms with Crippen LogP contribution in [0.2, 0.25) is 0 Å². The summed E-state index contributed by atoms with van der Waals surface area (Å²) in [6, 6.07) is 18.2. The molecule has 0 radical (unpaired) electrons. The van der Waals surface area contributed by atoms with E-state index in [-0.39, 0.29) is 18.0 Å². The summed E-state index contributed by atoms with van der Waals surface area (Å²) in [5.74, 6) is -0.145. The predicted octanol–water partition coefficient (Wildman–Crippen LogP) is 3.60. The smallest absolute Gasteiger partial charge is 0.407 e. The van der Waals surface area contributed by atoms with E-state index >= 15 is 0 Å². The topological polar surface area (TPSA) is 99.7 Å². The van der Waals surface area contributed by atoms with Crippen LogP contribution in [0.1, 0.15) is 52.7 Å². The van der Waals surface area contributed by atoms with E-state index < -0.39 is 29.9 Å².